The summed E-state index contributed by atoms with van der Waals surface area (Å²) in [4.78, 5) is 24.4. The Balaban J connectivity index is 2.05. The average molecular weight is 292 g/mol. The van der Waals surface area contributed by atoms with Crippen LogP contribution in [0.5, 0.6) is 0 Å². The minimum atomic E-state index is -1.32. The Bertz CT molecular complexity index is 615. The van der Waals surface area contributed by atoms with E-state index in [1.165, 1.54) is 13.8 Å². The molecular formula is C13H16N4O4. The maximum absolute atomic E-state index is 12.2. The van der Waals surface area contributed by atoms with Gasteiger partial charge in [-0.2, -0.15) is 0 Å². The third kappa shape index (κ3) is 3.28. The normalized spacial score (nSPS) is 11.2. The van der Waals surface area contributed by atoms with Crippen LogP contribution >= 0.6 is 0 Å². The molecule has 0 bridgehead atoms. The Hall–Kier alpha value is -2.64. The smallest absolute Gasteiger partial charge is 0.240 e. The summed E-state index contributed by atoms with van der Waals surface area (Å²) in [5.74, 6) is 0.629. The van der Waals surface area contributed by atoms with E-state index < -0.39 is 17.2 Å². The van der Waals surface area contributed by atoms with E-state index >= 15 is 0 Å². The highest BCUT2D eigenvalue weighted by atomic mass is 16.5. The first kappa shape index (κ1) is 14.8. The van der Waals surface area contributed by atoms with Crippen molar-refractivity contribution in [2.24, 2.45) is 5.41 Å². The van der Waals surface area contributed by atoms with Crippen LogP contribution < -0.4 is 10.6 Å². The molecule has 0 unspecified atom stereocenters. The van der Waals surface area contributed by atoms with E-state index in [1.807, 2.05) is 0 Å². The summed E-state index contributed by atoms with van der Waals surface area (Å²) in [7, 11) is 0. The molecule has 21 heavy (non-hydrogen) atoms. The van der Waals surface area contributed by atoms with Crippen LogP contribution in [0.2, 0.25) is 0 Å². The highest BCUT2D eigenvalue weighted by molar-refractivity contribution is 6.13. The Morgan fingerprint density at radius 1 is 0.952 bits per heavy atom. The molecule has 112 valence electrons. The van der Waals surface area contributed by atoms with Crippen molar-refractivity contribution in [3.05, 3.63) is 23.7 Å². The van der Waals surface area contributed by atoms with Crippen molar-refractivity contribution in [3.63, 3.8) is 0 Å². The van der Waals surface area contributed by atoms with Crippen LogP contribution in [0.4, 0.5) is 11.6 Å². The minimum Gasteiger partial charge on any atom is -0.360 e. The zero-order valence-electron chi connectivity index (χ0n) is 12.2. The molecule has 2 N–H and O–H groups in total. The SMILES string of the molecule is Cc1cc(NC(=O)C(C)(C)C(=O)Nc2cc(C)on2)no1. The number of carbonyl (C=O) groups excluding carboxylic acids is 2. The lowest BCUT2D eigenvalue weighted by Gasteiger charge is -2.20. The van der Waals surface area contributed by atoms with Crippen LogP contribution in [0.15, 0.2) is 21.2 Å². The van der Waals surface area contributed by atoms with Gasteiger partial charge in [-0.3, -0.25) is 9.59 Å². The molecule has 2 rings (SSSR count). The number of rotatable bonds is 4. The second-order valence-corrected chi connectivity index (χ2v) is 5.18. The molecule has 0 aromatic carbocycles. The highest BCUT2D eigenvalue weighted by Gasteiger charge is 2.37. The third-order valence-electron chi connectivity index (χ3n) is 2.87. The highest BCUT2D eigenvalue weighted by Crippen LogP contribution is 2.21. The van der Waals surface area contributed by atoms with Crippen molar-refractivity contribution >= 4 is 23.5 Å². The number of amides is 2. The largest absolute Gasteiger partial charge is 0.360 e. The quantitative estimate of drug-likeness (QED) is 0.832. The molecule has 0 aliphatic heterocycles. The molecule has 0 radical (unpaired) electrons. The van der Waals surface area contributed by atoms with E-state index in [0.717, 1.165) is 0 Å². The van der Waals surface area contributed by atoms with Crippen LogP contribution in [0.25, 0.3) is 0 Å². The van der Waals surface area contributed by atoms with Crippen molar-refractivity contribution in [3.8, 4) is 0 Å². The second-order valence-electron chi connectivity index (χ2n) is 5.18. The number of carbonyl (C=O) groups is 2. The summed E-state index contributed by atoms with van der Waals surface area (Å²) in [6.07, 6.45) is 0. The fourth-order valence-corrected chi connectivity index (χ4v) is 1.50. The number of aromatic nitrogens is 2. The van der Waals surface area contributed by atoms with Crippen molar-refractivity contribution in [2.45, 2.75) is 27.7 Å². The summed E-state index contributed by atoms with van der Waals surface area (Å²) >= 11 is 0. The van der Waals surface area contributed by atoms with Crippen LogP contribution in [0.1, 0.15) is 25.4 Å². The number of hydrogen-bond acceptors (Lipinski definition) is 6. The van der Waals surface area contributed by atoms with Crippen molar-refractivity contribution in [1.82, 2.24) is 10.3 Å². The van der Waals surface area contributed by atoms with E-state index in [-0.39, 0.29) is 11.6 Å². The summed E-state index contributed by atoms with van der Waals surface area (Å²) in [6, 6.07) is 3.12. The minimum absolute atomic E-state index is 0.260. The zero-order chi connectivity index (χ0) is 15.6. The molecule has 2 aromatic rings. The van der Waals surface area contributed by atoms with Gasteiger partial charge in [0.2, 0.25) is 11.8 Å². The first-order valence-corrected chi connectivity index (χ1v) is 6.28. The Morgan fingerprint density at radius 2 is 1.33 bits per heavy atom. The Morgan fingerprint density at radius 3 is 1.62 bits per heavy atom. The molecule has 2 amide bonds. The van der Waals surface area contributed by atoms with Crippen LogP contribution in [-0.4, -0.2) is 22.1 Å². The van der Waals surface area contributed by atoms with Gasteiger partial charge < -0.3 is 19.7 Å². The van der Waals surface area contributed by atoms with Gasteiger partial charge in [0.15, 0.2) is 11.6 Å². The van der Waals surface area contributed by atoms with E-state index in [4.69, 9.17) is 9.05 Å². The van der Waals surface area contributed by atoms with Crippen molar-refractivity contribution in [2.75, 3.05) is 10.6 Å². The summed E-state index contributed by atoms with van der Waals surface area (Å²) in [5.41, 5.74) is -1.32. The Kier molecular flexibility index (Phi) is 3.79. The topological polar surface area (TPSA) is 110 Å². The maximum Gasteiger partial charge on any atom is 0.240 e. The first-order valence-electron chi connectivity index (χ1n) is 6.28. The van der Waals surface area contributed by atoms with Gasteiger partial charge >= 0.3 is 0 Å². The number of hydrogen-bond donors (Lipinski definition) is 2. The van der Waals surface area contributed by atoms with E-state index in [9.17, 15) is 9.59 Å². The standard InChI is InChI=1S/C13H16N4O4/c1-7-5-9(16-20-7)14-11(18)13(3,4)12(19)15-10-6-8(2)21-17-10/h5-6H,1-4H3,(H,14,16,18)(H,15,17,19). The molecular weight excluding hydrogens is 276 g/mol. The fraction of sp³-hybridized carbons (Fsp3) is 0.385. The van der Waals surface area contributed by atoms with Gasteiger partial charge in [-0.1, -0.05) is 10.3 Å². The van der Waals surface area contributed by atoms with Crippen LogP contribution in [0.3, 0.4) is 0 Å². The van der Waals surface area contributed by atoms with Gasteiger partial charge in [0.1, 0.15) is 16.9 Å². The second kappa shape index (κ2) is 5.39. The molecule has 8 nitrogen and oxygen atoms in total. The molecule has 0 aliphatic rings. The fourth-order valence-electron chi connectivity index (χ4n) is 1.50. The molecule has 2 aromatic heterocycles. The number of nitrogens with zero attached hydrogens (tertiary/aromatic N) is 2. The van der Waals surface area contributed by atoms with Gasteiger partial charge in [0, 0.05) is 12.1 Å². The predicted molar refractivity (Wildman–Crippen MR) is 73.5 cm³/mol. The molecule has 0 saturated carbocycles. The van der Waals surface area contributed by atoms with Gasteiger partial charge in [-0.05, 0) is 27.7 Å². The van der Waals surface area contributed by atoms with Crippen molar-refractivity contribution in [1.29, 1.82) is 0 Å². The summed E-state index contributed by atoms with van der Waals surface area (Å²) in [6.45, 7) is 6.40. The van der Waals surface area contributed by atoms with Gasteiger partial charge in [-0.25, -0.2) is 0 Å². The van der Waals surface area contributed by atoms with E-state index in [2.05, 4.69) is 20.9 Å². The molecule has 2 heterocycles. The third-order valence-corrected chi connectivity index (χ3v) is 2.87. The van der Waals surface area contributed by atoms with E-state index in [1.54, 1.807) is 26.0 Å². The lowest BCUT2D eigenvalue weighted by molar-refractivity contribution is -0.135. The number of aryl methyl sites for hydroxylation is 2. The number of nitrogens with one attached hydrogen (secondary N) is 2. The molecule has 0 spiro atoms. The molecule has 0 fully saturated rings. The molecule has 0 saturated heterocycles. The van der Waals surface area contributed by atoms with Crippen LogP contribution in [0, 0.1) is 19.3 Å². The Labute approximate surface area is 120 Å². The molecule has 8 heteroatoms. The monoisotopic (exact) mass is 292 g/mol. The van der Waals surface area contributed by atoms with Gasteiger partial charge in [0.05, 0.1) is 0 Å². The lowest BCUT2D eigenvalue weighted by atomic mass is 9.91. The summed E-state index contributed by atoms with van der Waals surface area (Å²) < 4.78 is 9.70. The predicted octanol–water partition coefficient (Wildman–Crippen LogP) is 1.88. The number of anilines is 2. The zero-order valence-corrected chi connectivity index (χ0v) is 12.2. The molecule has 0 atom stereocenters. The van der Waals surface area contributed by atoms with E-state index in [0.29, 0.717) is 11.5 Å². The van der Waals surface area contributed by atoms with Crippen LogP contribution in [-0.2, 0) is 9.59 Å². The lowest BCUT2D eigenvalue weighted by Crippen LogP contribution is -2.41. The maximum atomic E-state index is 12.2. The van der Waals surface area contributed by atoms with Gasteiger partial charge in [0.25, 0.3) is 0 Å². The summed E-state index contributed by atoms with van der Waals surface area (Å²) in [5, 5.41) is 12.4. The average Bonchev–Trinajstić information content (AvgIpc) is 2.98. The van der Waals surface area contributed by atoms with Crippen molar-refractivity contribution < 1.29 is 18.6 Å². The van der Waals surface area contributed by atoms with Gasteiger partial charge in [-0.15, -0.1) is 0 Å². The molecule has 0 aliphatic carbocycles. The first-order chi connectivity index (χ1) is 9.79.